The molecule has 27 heavy (non-hydrogen) atoms. The molecule has 0 saturated carbocycles. The molecule has 2 aromatic heterocycles. The molecule has 0 atom stereocenters. The Labute approximate surface area is 160 Å². The van der Waals surface area contributed by atoms with Crippen molar-refractivity contribution in [2.24, 2.45) is 0 Å². The van der Waals surface area contributed by atoms with E-state index in [-0.39, 0.29) is 5.82 Å². The van der Waals surface area contributed by atoms with Crippen LogP contribution < -0.4 is 4.74 Å². The molecule has 0 bridgehead atoms. The molecule has 4 heterocycles. The van der Waals surface area contributed by atoms with E-state index in [2.05, 4.69) is 21.3 Å². The standard InChI is InChI=1S/C20H19FN4OS/c21-17-2-3-18-15(5-8-26-18)14(17)1-4-19-22-11-16(13-6-9-27-10-7-13)20-24-23-12-25(19)20/h2-3,6,11-12H,1,4-5,7-10H2. The van der Waals surface area contributed by atoms with Gasteiger partial charge < -0.3 is 4.74 Å². The van der Waals surface area contributed by atoms with Gasteiger partial charge >= 0.3 is 0 Å². The van der Waals surface area contributed by atoms with Crippen molar-refractivity contribution < 1.29 is 9.13 Å². The second kappa shape index (κ2) is 6.96. The topological polar surface area (TPSA) is 52.3 Å². The van der Waals surface area contributed by atoms with Gasteiger partial charge in [-0.3, -0.25) is 4.40 Å². The van der Waals surface area contributed by atoms with Crippen LogP contribution in [-0.4, -0.2) is 37.7 Å². The molecule has 0 saturated heterocycles. The van der Waals surface area contributed by atoms with Crippen molar-refractivity contribution in [2.75, 3.05) is 18.1 Å². The van der Waals surface area contributed by atoms with Crippen LogP contribution in [0.25, 0.3) is 11.2 Å². The molecule has 0 N–H and O–H groups in total. The summed E-state index contributed by atoms with van der Waals surface area (Å²) in [5, 5.41) is 8.41. The van der Waals surface area contributed by atoms with E-state index in [0.29, 0.717) is 19.4 Å². The van der Waals surface area contributed by atoms with Gasteiger partial charge in [0.25, 0.3) is 0 Å². The van der Waals surface area contributed by atoms with Gasteiger partial charge in [0.1, 0.15) is 23.7 Å². The van der Waals surface area contributed by atoms with Gasteiger partial charge in [-0.1, -0.05) is 6.08 Å². The Morgan fingerprint density at radius 3 is 3.07 bits per heavy atom. The molecule has 0 fully saturated rings. The molecule has 2 aliphatic heterocycles. The second-order valence-corrected chi connectivity index (χ2v) is 7.92. The number of hydrogen-bond donors (Lipinski definition) is 0. The van der Waals surface area contributed by atoms with Crippen molar-refractivity contribution in [3.8, 4) is 5.75 Å². The number of allylic oxidation sites excluding steroid dienone is 1. The Balaban J connectivity index is 1.46. The molecule has 3 aromatic rings. The van der Waals surface area contributed by atoms with Gasteiger partial charge in [0.2, 0.25) is 0 Å². The summed E-state index contributed by atoms with van der Waals surface area (Å²) in [6.45, 7) is 0.627. The number of ether oxygens (including phenoxy) is 1. The maximum atomic E-state index is 14.4. The quantitative estimate of drug-likeness (QED) is 0.691. The highest BCUT2D eigenvalue weighted by atomic mass is 32.2. The highest BCUT2D eigenvalue weighted by Crippen LogP contribution is 2.31. The summed E-state index contributed by atoms with van der Waals surface area (Å²) in [5.74, 6) is 3.64. The summed E-state index contributed by atoms with van der Waals surface area (Å²) in [5.41, 5.74) is 4.91. The van der Waals surface area contributed by atoms with Gasteiger partial charge in [0, 0.05) is 35.9 Å². The summed E-state index contributed by atoms with van der Waals surface area (Å²) in [6, 6.07) is 3.22. The number of fused-ring (bicyclic) bond motifs is 2. The van der Waals surface area contributed by atoms with Crippen molar-refractivity contribution in [2.45, 2.75) is 25.7 Å². The third kappa shape index (κ3) is 3.00. The van der Waals surface area contributed by atoms with E-state index >= 15 is 0 Å². The molecular weight excluding hydrogens is 363 g/mol. The highest BCUT2D eigenvalue weighted by molar-refractivity contribution is 7.99. The number of benzene rings is 1. The maximum absolute atomic E-state index is 14.4. The number of thioether (sulfide) groups is 1. The number of nitrogens with zero attached hydrogens (tertiary/aromatic N) is 4. The average molecular weight is 382 g/mol. The number of hydrogen-bond acceptors (Lipinski definition) is 5. The zero-order valence-corrected chi connectivity index (χ0v) is 15.6. The van der Waals surface area contributed by atoms with Crippen molar-refractivity contribution in [1.29, 1.82) is 0 Å². The molecule has 1 aromatic carbocycles. The molecule has 0 radical (unpaired) electrons. The summed E-state index contributed by atoms with van der Waals surface area (Å²) in [6.07, 6.45) is 8.85. The summed E-state index contributed by atoms with van der Waals surface area (Å²) in [4.78, 5) is 4.67. The summed E-state index contributed by atoms with van der Waals surface area (Å²) < 4.78 is 21.9. The van der Waals surface area contributed by atoms with Gasteiger partial charge in [-0.25, -0.2) is 9.37 Å². The Kier molecular flexibility index (Phi) is 4.32. The SMILES string of the molecule is Fc1ccc2c(c1CCc1ncc(C3=CCSCC3)c3nncn13)CCO2. The smallest absolute Gasteiger partial charge is 0.171 e. The predicted octanol–water partition coefficient (Wildman–Crippen LogP) is 3.50. The van der Waals surface area contributed by atoms with Gasteiger partial charge in [0.05, 0.1) is 6.61 Å². The zero-order chi connectivity index (χ0) is 18.2. The lowest BCUT2D eigenvalue weighted by Gasteiger charge is -2.14. The van der Waals surface area contributed by atoms with Gasteiger partial charge in [-0.15, -0.1) is 10.2 Å². The fourth-order valence-corrected chi connectivity index (χ4v) is 4.72. The van der Waals surface area contributed by atoms with E-state index in [1.165, 1.54) is 11.6 Å². The third-order valence-electron chi connectivity index (χ3n) is 5.26. The lowest BCUT2D eigenvalue weighted by atomic mass is 9.99. The van der Waals surface area contributed by atoms with E-state index in [4.69, 9.17) is 4.74 Å². The third-order valence-corrected chi connectivity index (χ3v) is 6.15. The fraction of sp³-hybridized carbons (Fsp3) is 0.350. The van der Waals surface area contributed by atoms with Gasteiger partial charge in [-0.2, -0.15) is 11.8 Å². The predicted molar refractivity (Wildman–Crippen MR) is 104 cm³/mol. The lowest BCUT2D eigenvalue weighted by Crippen LogP contribution is -2.07. The largest absolute Gasteiger partial charge is 0.493 e. The van der Waals surface area contributed by atoms with E-state index in [1.807, 2.05) is 22.4 Å². The molecule has 7 heteroatoms. The van der Waals surface area contributed by atoms with E-state index < -0.39 is 0 Å². The molecule has 0 amide bonds. The minimum atomic E-state index is -0.166. The van der Waals surface area contributed by atoms with Crippen molar-refractivity contribution in [3.05, 3.63) is 59.1 Å². The van der Waals surface area contributed by atoms with Gasteiger partial charge in [0.15, 0.2) is 5.65 Å². The first-order valence-electron chi connectivity index (χ1n) is 9.19. The van der Waals surface area contributed by atoms with Gasteiger partial charge in [-0.05, 0) is 41.9 Å². The Hall–Kier alpha value is -2.41. The molecule has 5 nitrogen and oxygen atoms in total. The van der Waals surface area contributed by atoms with Crippen LogP contribution in [0.1, 0.15) is 28.9 Å². The fourth-order valence-electron chi connectivity index (χ4n) is 3.87. The molecule has 138 valence electrons. The van der Waals surface area contributed by atoms with E-state index in [0.717, 1.165) is 58.3 Å². The second-order valence-electron chi connectivity index (χ2n) is 6.77. The Morgan fingerprint density at radius 1 is 1.22 bits per heavy atom. The maximum Gasteiger partial charge on any atom is 0.171 e. The van der Waals surface area contributed by atoms with Crippen LogP contribution in [0.5, 0.6) is 5.75 Å². The van der Waals surface area contributed by atoms with E-state index in [9.17, 15) is 4.39 Å². The molecule has 0 aliphatic carbocycles. The number of rotatable bonds is 4. The van der Waals surface area contributed by atoms with Crippen LogP contribution in [0.15, 0.2) is 30.7 Å². The van der Waals surface area contributed by atoms with Crippen LogP contribution in [0.2, 0.25) is 0 Å². The summed E-state index contributed by atoms with van der Waals surface area (Å²) >= 11 is 1.94. The molecular formula is C20H19FN4OS. The normalized spacial score (nSPS) is 16.3. The first-order valence-corrected chi connectivity index (χ1v) is 10.3. The minimum Gasteiger partial charge on any atom is -0.493 e. The van der Waals surface area contributed by atoms with Crippen LogP contribution in [-0.2, 0) is 19.3 Å². The van der Waals surface area contributed by atoms with Crippen molar-refractivity contribution in [1.82, 2.24) is 19.6 Å². The average Bonchev–Trinajstić information content (AvgIpc) is 3.37. The lowest BCUT2D eigenvalue weighted by molar-refractivity contribution is 0.356. The highest BCUT2D eigenvalue weighted by Gasteiger charge is 2.20. The minimum absolute atomic E-state index is 0.166. The first-order chi connectivity index (χ1) is 13.3. The molecule has 2 aliphatic rings. The summed E-state index contributed by atoms with van der Waals surface area (Å²) in [7, 11) is 0. The van der Waals surface area contributed by atoms with Crippen molar-refractivity contribution >= 4 is 23.0 Å². The number of aryl methyl sites for hydroxylation is 1. The van der Waals surface area contributed by atoms with Crippen LogP contribution in [0, 0.1) is 5.82 Å². The first kappa shape index (κ1) is 16.7. The zero-order valence-electron chi connectivity index (χ0n) is 14.8. The molecule has 0 spiro atoms. The number of aromatic nitrogens is 4. The molecule has 0 unspecified atom stereocenters. The van der Waals surface area contributed by atoms with Crippen molar-refractivity contribution in [3.63, 3.8) is 0 Å². The Morgan fingerprint density at radius 2 is 2.19 bits per heavy atom. The number of halogens is 1. The Bertz CT molecular complexity index is 1050. The van der Waals surface area contributed by atoms with E-state index in [1.54, 1.807) is 12.4 Å². The van der Waals surface area contributed by atoms with Crippen LogP contribution in [0.4, 0.5) is 4.39 Å². The monoisotopic (exact) mass is 382 g/mol. The van der Waals surface area contributed by atoms with Crippen LogP contribution in [0.3, 0.4) is 0 Å². The van der Waals surface area contributed by atoms with Crippen LogP contribution >= 0.6 is 11.8 Å². The molecule has 5 rings (SSSR count).